The van der Waals surface area contributed by atoms with Gasteiger partial charge in [-0.25, -0.2) is 4.79 Å². The number of hydrogen-bond donors (Lipinski definition) is 0. The maximum absolute atomic E-state index is 13.6. The summed E-state index contributed by atoms with van der Waals surface area (Å²) >= 11 is 0. The largest absolute Gasteiger partial charge is 0.458 e. The molecule has 0 saturated heterocycles. The van der Waals surface area contributed by atoms with E-state index in [4.69, 9.17) is 9.73 Å². The van der Waals surface area contributed by atoms with Crippen molar-refractivity contribution in [1.29, 1.82) is 0 Å². The van der Waals surface area contributed by atoms with Crippen LogP contribution in [-0.2, 0) is 9.53 Å². The molecule has 170 valence electrons. The van der Waals surface area contributed by atoms with E-state index in [1.54, 1.807) is 0 Å². The number of carbonyl (C=O) groups is 1. The molecule has 3 nitrogen and oxygen atoms in total. The lowest BCUT2D eigenvalue weighted by molar-refractivity contribution is -0.162. The number of nitrogens with zero attached hydrogens (tertiary/aromatic N) is 1. The van der Waals surface area contributed by atoms with Crippen LogP contribution in [0.4, 0.5) is 0 Å². The zero-order valence-corrected chi connectivity index (χ0v) is 20.2. The topological polar surface area (TPSA) is 38.7 Å². The summed E-state index contributed by atoms with van der Waals surface area (Å²) in [6.07, 6.45) is 4.07. The van der Waals surface area contributed by atoms with Crippen molar-refractivity contribution in [1.82, 2.24) is 0 Å². The Balaban J connectivity index is 2.12. The van der Waals surface area contributed by atoms with E-state index in [0.29, 0.717) is 0 Å². The third-order valence-electron chi connectivity index (χ3n) is 5.51. The van der Waals surface area contributed by atoms with Gasteiger partial charge < -0.3 is 4.74 Å². The van der Waals surface area contributed by atoms with Crippen LogP contribution in [0.25, 0.3) is 6.08 Å². The normalized spacial score (nSPS) is 14.3. The van der Waals surface area contributed by atoms with Gasteiger partial charge in [0.25, 0.3) is 0 Å². The van der Waals surface area contributed by atoms with Crippen LogP contribution in [0.5, 0.6) is 0 Å². The molecule has 0 N–H and O–H groups in total. The summed E-state index contributed by atoms with van der Waals surface area (Å²) in [5.74, 6) is -0.556. The van der Waals surface area contributed by atoms with Gasteiger partial charge in [0.15, 0.2) is 5.54 Å². The molecule has 2 atom stereocenters. The maximum Gasteiger partial charge on any atom is 0.334 e. The molecule has 0 aliphatic heterocycles. The minimum Gasteiger partial charge on any atom is -0.458 e. The fourth-order valence-electron chi connectivity index (χ4n) is 3.44. The van der Waals surface area contributed by atoms with Crippen molar-refractivity contribution >= 4 is 17.8 Å². The highest BCUT2D eigenvalue weighted by atomic mass is 16.6. The third kappa shape index (κ3) is 6.52. The summed E-state index contributed by atoms with van der Waals surface area (Å²) in [7, 11) is 0. The molecule has 0 bridgehead atoms. The van der Waals surface area contributed by atoms with Gasteiger partial charge in [-0.1, -0.05) is 110 Å². The smallest absolute Gasteiger partial charge is 0.334 e. The van der Waals surface area contributed by atoms with Gasteiger partial charge in [0.2, 0.25) is 0 Å². The first-order chi connectivity index (χ1) is 15.7. The Morgan fingerprint density at radius 1 is 0.788 bits per heavy atom. The summed E-state index contributed by atoms with van der Waals surface area (Å²) in [6, 6.07) is 30.0. The molecule has 0 saturated carbocycles. The summed E-state index contributed by atoms with van der Waals surface area (Å²) < 4.78 is 5.87. The molecule has 0 spiro atoms. The van der Waals surface area contributed by atoms with Crippen LogP contribution in [0.3, 0.4) is 0 Å². The molecular weight excluding hydrogens is 406 g/mol. The van der Waals surface area contributed by atoms with Crippen LogP contribution in [0, 0.1) is 5.92 Å². The number of carbonyl (C=O) groups excluding carboxylic acids is 1. The predicted octanol–water partition coefficient (Wildman–Crippen LogP) is 6.97. The average molecular weight is 440 g/mol. The Labute approximate surface area is 197 Å². The molecule has 0 radical (unpaired) electrons. The van der Waals surface area contributed by atoms with Crippen LogP contribution in [-0.4, -0.2) is 22.8 Å². The van der Waals surface area contributed by atoms with E-state index in [2.05, 4.69) is 0 Å². The predicted molar refractivity (Wildman–Crippen MR) is 137 cm³/mol. The van der Waals surface area contributed by atoms with Crippen LogP contribution in [0.2, 0.25) is 0 Å². The second kappa shape index (κ2) is 10.4. The van der Waals surface area contributed by atoms with Crippen LogP contribution in [0.1, 0.15) is 51.3 Å². The molecule has 3 aromatic carbocycles. The van der Waals surface area contributed by atoms with E-state index < -0.39 is 11.1 Å². The standard InChI is InChI=1S/C30H33NO2/c1-23(21-22-24-15-9-6-10-16-24)30(5,28(32)33-29(2,3)4)31-27(25-17-11-7-12-18-25)26-19-13-8-14-20-26/h6-23H,1-5H3/b22-21+/t23-,30-/m1/s1. The Hall–Kier alpha value is -3.46. The van der Waals surface area contributed by atoms with Crippen molar-refractivity contribution in [2.75, 3.05) is 0 Å². The van der Waals surface area contributed by atoms with E-state index in [1.807, 2.05) is 138 Å². The zero-order valence-electron chi connectivity index (χ0n) is 20.2. The molecule has 0 fully saturated rings. The average Bonchev–Trinajstić information content (AvgIpc) is 2.81. The van der Waals surface area contributed by atoms with Crippen molar-refractivity contribution in [3.63, 3.8) is 0 Å². The summed E-state index contributed by atoms with van der Waals surface area (Å²) in [5.41, 5.74) is 2.02. The Bertz CT molecular complexity index is 1050. The minimum atomic E-state index is -1.13. The highest BCUT2D eigenvalue weighted by Gasteiger charge is 2.41. The lowest BCUT2D eigenvalue weighted by Gasteiger charge is -2.32. The molecule has 33 heavy (non-hydrogen) atoms. The van der Waals surface area contributed by atoms with Gasteiger partial charge >= 0.3 is 5.97 Å². The second-order valence-corrected chi connectivity index (χ2v) is 9.40. The van der Waals surface area contributed by atoms with Gasteiger partial charge in [-0.3, -0.25) is 4.99 Å². The van der Waals surface area contributed by atoms with Gasteiger partial charge in [0.1, 0.15) is 5.60 Å². The zero-order chi connectivity index (χ0) is 23.9. The first-order valence-electron chi connectivity index (χ1n) is 11.4. The molecule has 0 amide bonds. The maximum atomic E-state index is 13.6. The van der Waals surface area contributed by atoms with Crippen molar-refractivity contribution < 1.29 is 9.53 Å². The minimum absolute atomic E-state index is 0.213. The molecule has 0 aliphatic rings. The molecule has 0 aromatic heterocycles. The summed E-state index contributed by atoms with van der Waals surface area (Å²) in [6.45, 7) is 9.53. The molecule has 3 heteroatoms. The summed E-state index contributed by atoms with van der Waals surface area (Å²) in [5, 5.41) is 0. The molecule has 0 aliphatic carbocycles. The van der Waals surface area contributed by atoms with Crippen LogP contribution in [0.15, 0.2) is 102 Å². The number of rotatable bonds is 7. The van der Waals surface area contributed by atoms with E-state index in [-0.39, 0.29) is 11.9 Å². The third-order valence-corrected chi connectivity index (χ3v) is 5.51. The fourth-order valence-corrected chi connectivity index (χ4v) is 3.44. The Morgan fingerprint density at radius 2 is 1.24 bits per heavy atom. The number of esters is 1. The first kappa shape index (κ1) is 24.2. The van der Waals surface area contributed by atoms with E-state index >= 15 is 0 Å². The van der Waals surface area contributed by atoms with Gasteiger partial charge in [-0.05, 0) is 33.3 Å². The van der Waals surface area contributed by atoms with Crippen molar-refractivity contribution in [2.45, 2.75) is 45.8 Å². The Morgan fingerprint density at radius 3 is 1.70 bits per heavy atom. The number of benzene rings is 3. The van der Waals surface area contributed by atoms with Crippen LogP contribution >= 0.6 is 0 Å². The quantitative estimate of drug-likeness (QED) is 0.294. The number of ether oxygens (including phenoxy) is 1. The molecule has 3 aromatic rings. The van der Waals surface area contributed by atoms with E-state index in [1.165, 1.54) is 0 Å². The molecule has 0 heterocycles. The van der Waals surface area contributed by atoms with Gasteiger partial charge in [-0.2, -0.15) is 0 Å². The highest BCUT2D eigenvalue weighted by Crippen LogP contribution is 2.30. The van der Waals surface area contributed by atoms with Crippen molar-refractivity contribution in [2.24, 2.45) is 10.9 Å². The monoisotopic (exact) mass is 439 g/mol. The molecular formula is C30H33NO2. The van der Waals surface area contributed by atoms with Gasteiger partial charge in [0, 0.05) is 17.0 Å². The molecule has 0 unspecified atom stereocenters. The van der Waals surface area contributed by atoms with Gasteiger partial charge in [0.05, 0.1) is 5.71 Å². The second-order valence-electron chi connectivity index (χ2n) is 9.40. The summed E-state index contributed by atoms with van der Waals surface area (Å²) in [4.78, 5) is 18.7. The number of hydrogen-bond acceptors (Lipinski definition) is 3. The lowest BCUT2D eigenvalue weighted by Crippen LogP contribution is -2.45. The van der Waals surface area contributed by atoms with Crippen molar-refractivity contribution in [3.8, 4) is 0 Å². The first-order valence-corrected chi connectivity index (χ1v) is 11.4. The number of aliphatic imine (C=N–C) groups is 1. The van der Waals surface area contributed by atoms with E-state index in [9.17, 15) is 4.79 Å². The van der Waals surface area contributed by atoms with Gasteiger partial charge in [-0.15, -0.1) is 0 Å². The highest BCUT2D eigenvalue weighted by molar-refractivity contribution is 6.13. The lowest BCUT2D eigenvalue weighted by atomic mass is 9.85. The van der Waals surface area contributed by atoms with Crippen LogP contribution < -0.4 is 0 Å². The van der Waals surface area contributed by atoms with E-state index in [0.717, 1.165) is 22.4 Å². The SMILES string of the molecule is C[C@H](/C=C/c1ccccc1)[C@@](C)(N=C(c1ccccc1)c1ccccc1)C(=O)OC(C)(C)C. The Kier molecular flexibility index (Phi) is 7.65. The molecule has 3 rings (SSSR count). The fraction of sp³-hybridized carbons (Fsp3) is 0.267. The van der Waals surface area contributed by atoms with Crippen molar-refractivity contribution in [3.05, 3.63) is 114 Å².